The lowest BCUT2D eigenvalue weighted by atomic mass is 10.0. The highest BCUT2D eigenvalue weighted by Gasteiger charge is 2.18. The Hall–Kier alpha value is -2.29. The highest BCUT2D eigenvalue weighted by molar-refractivity contribution is 6.00. The largest absolute Gasteiger partial charge is 0.398 e. The summed E-state index contributed by atoms with van der Waals surface area (Å²) >= 11 is 0. The van der Waals surface area contributed by atoms with Crippen molar-refractivity contribution in [1.29, 1.82) is 0 Å². The van der Waals surface area contributed by atoms with Gasteiger partial charge in [-0.15, -0.1) is 0 Å². The molecular weight excluding hydrogens is 260 g/mol. The molecule has 0 saturated carbocycles. The van der Waals surface area contributed by atoms with Gasteiger partial charge in [0, 0.05) is 18.8 Å². The summed E-state index contributed by atoms with van der Waals surface area (Å²) in [6, 6.07) is 13.8. The van der Waals surface area contributed by atoms with Crippen molar-refractivity contribution in [3.05, 3.63) is 64.7 Å². The predicted molar refractivity (Wildman–Crippen MR) is 87.2 cm³/mol. The molecule has 0 spiro atoms. The fraction of sp³-hybridized carbons (Fsp3) is 0.278. The van der Waals surface area contributed by atoms with Crippen LogP contribution in [0.5, 0.6) is 0 Å². The van der Waals surface area contributed by atoms with Crippen molar-refractivity contribution in [1.82, 2.24) is 4.90 Å². The topological polar surface area (TPSA) is 46.3 Å². The molecular formula is C18H22N2O. The van der Waals surface area contributed by atoms with Crippen LogP contribution in [0.3, 0.4) is 0 Å². The number of benzene rings is 2. The van der Waals surface area contributed by atoms with Crippen molar-refractivity contribution in [3.8, 4) is 0 Å². The number of carbonyl (C=O) groups is 1. The minimum Gasteiger partial charge on any atom is -0.398 e. The van der Waals surface area contributed by atoms with Crippen molar-refractivity contribution in [3.63, 3.8) is 0 Å². The zero-order valence-electron chi connectivity index (χ0n) is 12.9. The molecule has 0 bridgehead atoms. The monoisotopic (exact) mass is 282 g/mol. The maximum atomic E-state index is 12.8. The molecule has 0 saturated heterocycles. The Balaban J connectivity index is 2.27. The quantitative estimate of drug-likeness (QED) is 0.872. The summed E-state index contributed by atoms with van der Waals surface area (Å²) in [5, 5.41) is 0. The van der Waals surface area contributed by atoms with Crippen LogP contribution >= 0.6 is 0 Å². The van der Waals surface area contributed by atoms with Gasteiger partial charge in [0.25, 0.3) is 5.91 Å². The summed E-state index contributed by atoms with van der Waals surface area (Å²) < 4.78 is 0. The van der Waals surface area contributed by atoms with Crippen LogP contribution in [-0.2, 0) is 6.54 Å². The standard InChI is InChI=1S/C18H22N2O/c1-4-20(12-15-9-5-7-13(2)11-15)18(21)17-14(3)8-6-10-16(17)19/h5-11H,4,12,19H2,1-3H3. The lowest BCUT2D eigenvalue weighted by Crippen LogP contribution is -2.31. The summed E-state index contributed by atoms with van der Waals surface area (Å²) in [7, 11) is 0. The molecule has 110 valence electrons. The van der Waals surface area contributed by atoms with Crippen LogP contribution in [0.15, 0.2) is 42.5 Å². The fourth-order valence-corrected chi connectivity index (χ4v) is 2.50. The number of nitrogens with two attached hydrogens (primary N) is 1. The second-order valence-electron chi connectivity index (χ2n) is 5.35. The van der Waals surface area contributed by atoms with Gasteiger partial charge in [-0.2, -0.15) is 0 Å². The van der Waals surface area contributed by atoms with Crippen LogP contribution in [0.4, 0.5) is 5.69 Å². The van der Waals surface area contributed by atoms with Crippen LogP contribution in [0.25, 0.3) is 0 Å². The molecule has 2 rings (SSSR count). The summed E-state index contributed by atoms with van der Waals surface area (Å²) in [6.07, 6.45) is 0. The van der Waals surface area contributed by atoms with Crippen LogP contribution < -0.4 is 5.73 Å². The van der Waals surface area contributed by atoms with E-state index < -0.39 is 0 Å². The van der Waals surface area contributed by atoms with E-state index in [-0.39, 0.29) is 5.91 Å². The van der Waals surface area contributed by atoms with Crippen molar-refractivity contribution >= 4 is 11.6 Å². The molecule has 3 heteroatoms. The molecule has 21 heavy (non-hydrogen) atoms. The number of nitrogens with zero attached hydrogens (tertiary/aromatic N) is 1. The summed E-state index contributed by atoms with van der Waals surface area (Å²) in [6.45, 7) is 7.22. The number of nitrogen functional groups attached to an aromatic ring is 1. The van der Waals surface area contributed by atoms with Gasteiger partial charge in [0.2, 0.25) is 0 Å². The number of amides is 1. The van der Waals surface area contributed by atoms with Crippen molar-refractivity contribution in [2.75, 3.05) is 12.3 Å². The Morgan fingerprint density at radius 1 is 1.14 bits per heavy atom. The molecule has 0 aliphatic carbocycles. The van der Waals surface area contributed by atoms with E-state index >= 15 is 0 Å². The molecule has 0 heterocycles. The average Bonchev–Trinajstić information content (AvgIpc) is 2.44. The van der Waals surface area contributed by atoms with Gasteiger partial charge in [-0.05, 0) is 38.0 Å². The van der Waals surface area contributed by atoms with E-state index in [4.69, 9.17) is 5.73 Å². The lowest BCUT2D eigenvalue weighted by Gasteiger charge is -2.23. The molecule has 0 aliphatic heterocycles. The molecule has 0 fully saturated rings. The van der Waals surface area contributed by atoms with Crippen LogP contribution in [0.1, 0.15) is 34.0 Å². The number of rotatable bonds is 4. The Kier molecular flexibility index (Phi) is 4.63. The molecule has 2 aromatic rings. The fourth-order valence-electron chi connectivity index (χ4n) is 2.50. The number of anilines is 1. The molecule has 2 N–H and O–H groups in total. The van der Waals surface area contributed by atoms with Crippen molar-refractivity contribution in [2.24, 2.45) is 0 Å². The first-order valence-electron chi connectivity index (χ1n) is 7.22. The Morgan fingerprint density at radius 2 is 1.86 bits per heavy atom. The van der Waals surface area contributed by atoms with Crippen molar-refractivity contribution in [2.45, 2.75) is 27.3 Å². The van der Waals surface area contributed by atoms with E-state index in [1.165, 1.54) is 5.56 Å². The normalized spacial score (nSPS) is 10.4. The molecule has 0 aromatic heterocycles. The van der Waals surface area contributed by atoms with Gasteiger partial charge in [0.1, 0.15) is 0 Å². The first kappa shape index (κ1) is 15.1. The Bertz CT molecular complexity index is 629. The van der Waals surface area contributed by atoms with E-state index in [0.717, 1.165) is 11.1 Å². The number of hydrogen-bond acceptors (Lipinski definition) is 2. The third-order valence-corrected chi connectivity index (χ3v) is 3.64. The Morgan fingerprint density at radius 3 is 2.48 bits per heavy atom. The highest BCUT2D eigenvalue weighted by atomic mass is 16.2. The highest BCUT2D eigenvalue weighted by Crippen LogP contribution is 2.20. The third-order valence-electron chi connectivity index (χ3n) is 3.64. The minimum absolute atomic E-state index is 0.00499. The van der Waals surface area contributed by atoms with Crippen LogP contribution in [0.2, 0.25) is 0 Å². The van der Waals surface area contributed by atoms with Gasteiger partial charge < -0.3 is 10.6 Å². The molecule has 0 aliphatic rings. The summed E-state index contributed by atoms with van der Waals surface area (Å²) in [4.78, 5) is 14.6. The van der Waals surface area contributed by atoms with Gasteiger partial charge in [0.05, 0.1) is 5.56 Å². The Labute approximate surface area is 126 Å². The first-order chi connectivity index (χ1) is 10.0. The van der Waals surface area contributed by atoms with Gasteiger partial charge in [-0.3, -0.25) is 4.79 Å². The number of carbonyl (C=O) groups excluding carboxylic acids is 1. The SMILES string of the molecule is CCN(Cc1cccc(C)c1)C(=O)c1c(C)cccc1N. The first-order valence-corrected chi connectivity index (χ1v) is 7.22. The van der Waals surface area contributed by atoms with E-state index in [1.807, 2.05) is 43.0 Å². The average molecular weight is 282 g/mol. The molecule has 0 atom stereocenters. The van der Waals surface area contributed by atoms with Crippen molar-refractivity contribution < 1.29 is 4.79 Å². The molecule has 0 radical (unpaired) electrons. The molecule has 3 nitrogen and oxygen atoms in total. The van der Waals surface area contributed by atoms with E-state index in [0.29, 0.717) is 24.3 Å². The minimum atomic E-state index is -0.00499. The second kappa shape index (κ2) is 6.44. The van der Waals surface area contributed by atoms with E-state index in [1.54, 1.807) is 6.07 Å². The van der Waals surface area contributed by atoms with E-state index in [2.05, 4.69) is 19.1 Å². The van der Waals surface area contributed by atoms with Crippen LogP contribution in [0, 0.1) is 13.8 Å². The second-order valence-corrected chi connectivity index (χ2v) is 5.35. The zero-order valence-corrected chi connectivity index (χ0v) is 12.9. The van der Waals surface area contributed by atoms with Crippen LogP contribution in [-0.4, -0.2) is 17.4 Å². The van der Waals surface area contributed by atoms with Gasteiger partial charge in [-0.25, -0.2) is 0 Å². The third kappa shape index (κ3) is 3.43. The molecule has 1 amide bonds. The predicted octanol–water partition coefficient (Wildman–Crippen LogP) is 3.55. The number of aryl methyl sites for hydroxylation is 2. The summed E-state index contributed by atoms with van der Waals surface area (Å²) in [5.74, 6) is -0.00499. The smallest absolute Gasteiger partial charge is 0.256 e. The maximum absolute atomic E-state index is 12.8. The van der Waals surface area contributed by atoms with Gasteiger partial charge in [-0.1, -0.05) is 42.0 Å². The molecule has 2 aromatic carbocycles. The lowest BCUT2D eigenvalue weighted by molar-refractivity contribution is 0.0753. The van der Waals surface area contributed by atoms with Gasteiger partial charge >= 0.3 is 0 Å². The molecule has 0 unspecified atom stereocenters. The number of hydrogen-bond donors (Lipinski definition) is 1. The van der Waals surface area contributed by atoms with E-state index in [9.17, 15) is 4.79 Å². The van der Waals surface area contributed by atoms with Gasteiger partial charge in [0.15, 0.2) is 0 Å². The summed E-state index contributed by atoms with van der Waals surface area (Å²) in [5.41, 5.74) is 10.4. The maximum Gasteiger partial charge on any atom is 0.256 e. The zero-order chi connectivity index (χ0) is 15.4.